The number of carbonyl (C=O) groups is 2. The Hall–Kier alpha value is -1.93. The van der Waals surface area contributed by atoms with Crippen LogP contribution < -0.4 is 0 Å². The van der Waals surface area contributed by atoms with Crippen LogP contribution in [0.2, 0.25) is 0 Å². The highest BCUT2D eigenvalue weighted by Gasteiger charge is 2.31. The van der Waals surface area contributed by atoms with E-state index in [9.17, 15) is 18.0 Å². The van der Waals surface area contributed by atoms with Crippen molar-refractivity contribution < 1.29 is 23.1 Å². The van der Waals surface area contributed by atoms with Gasteiger partial charge in [0.1, 0.15) is 6.54 Å². The summed E-state index contributed by atoms with van der Waals surface area (Å²) in [4.78, 5) is 24.1. The number of benzene rings is 1. The predicted octanol–water partition coefficient (Wildman–Crippen LogP) is 1.41. The summed E-state index contributed by atoms with van der Waals surface area (Å²) in [5, 5.41) is 8.77. The molecule has 1 amide bonds. The van der Waals surface area contributed by atoms with Gasteiger partial charge in [0.05, 0.1) is 4.90 Å². The zero-order valence-electron chi connectivity index (χ0n) is 13.8. The number of amides is 1. The maximum absolute atomic E-state index is 12.8. The highest BCUT2D eigenvalue weighted by Crippen LogP contribution is 2.25. The SMILES string of the molecule is CC1CCCCN1S(=O)(=O)c1cccc(C(=O)N(C)CC(=O)O)c1. The standard InChI is InChI=1S/C16H22N2O5S/c1-12-6-3-4-9-18(12)24(22,23)14-8-5-7-13(10-14)16(21)17(2)11-15(19)20/h5,7-8,10,12H,3-4,6,9,11H2,1-2H3,(H,19,20). The second-order valence-corrected chi connectivity index (χ2v) is 7.93. The number of aliphatic carboxylic acids is 1. The largest absolute Gasteiger partial charge is 0.480 e. The molecule has 1 N–H and O–H groups in total. The fourth-order valence-electron chi connectivity index (χ4n) is 2.85. The molecule has 0 aliphatic carbocycles. The van der Waals surface area contributed by atoms with E-state index in [0.29, 0.717) is 6.54 Å². The Kier molecular flexibility index (Phi) is 5.61. The van der Waals surface area contributed by atoms with Crippen LogP contribution in [-0.4, -0.2) is 60.8 Å². The van der Waals surface area contributed by atoms with Crippen LogP contribution in [0.25, 0.3) is 0 Å². The molecule has 1 saturated heterocycles. The molecule has 0 bridgehead atoms. The van der Waals surface area contributed by atoms with Gasteiger partial charge in [-0.1, -0.05) is 12.5 Å². The number of rotatable bonds is 5. The second kappa shape index (κ2) is 7.31. The molecule has 1 heterocycles. The van der Waals surface area contributed by atoms with Crippen molar-refractivity contribution in [2.75, 3.05) is 20.1 Å². The van der Waals surface area contributed by atoms with Crippen molar-refractivity contribution in [2.45, 2.75) is 37.1 Å². The van der Waals surface area contributed by atoms with Crippen LogP contribution in [0.15, 0.2) is 29.2 Å². The van der Waals surface area contributed by atoms with Gasteiger partial charge in [-0.05, 0) is 38.0 Å². The van der Waals surface area contributed by atoms with E-state index in [1.165, 1.54) is 35.6 Å². The molecule has 1 aliphatic heterocycles. The molecule has 24 heavy (non-hydrogen) atoms. The quantitative estimate of drug-likeness (QED) is 0.862. The summed E-state index contributed by atoms with van der Waals surface area (Å²) in [5.74, 6) is -1.65. The topological polar surface area (TPSA) is 95.0 Å². The smallest absolute Gasteiger partial charge is 0.323 e. The average Bonchev–Trinajstić information content (AvgIpc) is 2.54. The first-order chi connectivity index (χ1) is 11.2. The van der Waals surface area contributed by atoms with Gasteiger partial charge in [0, 0.05) is 25.2 Å². The van der Waals surface area contributed by atoms with Crippen LogP contribution in [0.4, 0.5) is 0 Å². The van der Waals surface area contributed by atoms with Gasteiger partial charge in [-0.15, -0.1) is 0 Å². The first kappa shape index (κ1) is 18.4. The highest BCUT2D eigenvalue weighted by molar-refractivity contribution is 7.89. The minimum Gasteiger partial charge on any atom is -0.480 e. The summed E-state index contributed by atoms with van der Waals surface area (Å²) in [6.07, 6.45) is 2.65. The summed E-state index contributed by atoms with van der Waals surface area (Å²) >= 11 is 0. The number of hydrogen-bond donors (Lipinski definition) is 1. The number of carbonyl (C=O) groups excluding carboxylic acids is 1. The average molecular weight is 354 g/mol. The fraction of sp³-hybridized carbons (Fsp3) is 0.500. The number of hydrogen-bond acceptors (Lipinski definition) is 4. The van der Waals surface area contributed by atoms with Crippen LogP contribution in [0.3, 0.4) is 0 Å². The van der Waals surface area contributed by atoms with Crippen LogP contribution >= 0.6 is 0 Å². The van der Waals surface area contributed by atoms with E-state index >= 15 is 0 Å². The van der Waals surface area contributed by atoms with Crippen molar-refractivity contribution >= 4 is 21.9 Å². The molecule has 0 radical (unpaired) electrons. The Morgan fingerprint density at radius 2 is 2.04 bits per heavy atom. The molecular formula is C16H22N2O5S. The summed E-state index contributed by atoms with van der Waals surface area (Å²) in [7, 11) is -2.30. The number of likely N-dealkylation sites (N-methyl/N-ethyl adjacent to an activating group) is 1. The van der Waals surface area contributed by atoms with Crippen LogP contribution in [0, 0.1) is 0 Å². The van der Waals surface area contributed by atoms with Crippen LogP contribution in [0.5, 0.6) is 0 Å². The zero-order chi connectivity index (χ0) is 17.9. The van der Waals surface area contributed by atoms with E-state index in [-0.39, 0.29) is 16.5 Å². The lowest BCUT2D eigenvalue weighted by Gasteiger charge is -2.32. The molecular weight excluding hydrogens is 332 g/mol. The highest BCUT2D eigenvalue weighted by atomic mass is 32.2. The van der Waals surface area contributed by atoms with Crippen LogP contribution in [-0.2, 0) is 14.8 Å². The number of nitrogens with zero attached hydrogens (tertiary/aromatic N) is 2. The zero-order valence-corrected chi connectivity index (χ0v) is 14.6. The lowest BCUT2D eigenvalue weighted by atomic mass is 10.1. The van der Waals surface area contributed by atoms with Gasteiger partial charge in [-0.2, -0.15) is 4.31 Å². The van der Waals surface area contributed by atoms with Crippen molar-refractivity contribution in [2.24, 2.45) is 0 Å². The third-order valence-electron chi connectivity index (χ3n) is 4.15. The molecule has 0 saturated carbocycles. The maximum Gasteiger partial charge on any atom is 0.323 e. The molecule has 8 heteroatoms. The molecule has 132 valence electrons. The van der Waals surface area contributed by atoms with Crippen molar-refractivity contribution in [3.8, 4) is 0 Å². The van der Waals surface area contributed by atoms with E-state index in [0.717, 1.165) is 24.2 Å². The molecule has 1 atom stereocenters. The summed E-state index contributed by atoms with van der Waals surface area (Å²) in [5.41, 5.74) is 0.157. The van der Waals surface area contributed by atoms with E-state index in [2.05, 4.69) is 0 Å². The van der Waals surface area contributed by atoms with Gasteiger partial charge in [0.25, 0.3) is 5.91 Å². The third kappa shape index (κ3) is 3.93. The Labute approximate surface area is 141 Å². The van der Waals surface area contributed by atoms with E-state index in [1.807, 2.05) is 6.92 Å². The summed E-state index contributed by atoms with van der Waals surface area (Å²) in [6.45, 7) is 1.91. The first-order valence-electron chi connectivity index (χ1n) is 7.82. The lowest BCUT2D eigenvalue weighted by Crippen LogP contribution is -2.42. The molecule has 7 nitrogen and oxygen atoms in total. The fourth-order valence-corrected chi connectivity index (χ4v) is 4.59. The lowest BCUT2D eigenvalue weighted by molar-refractivity contribution is -0.137. The van der Waals surface area contributed by atoms with Gasteiger partial charge in [-0.25, -0.2) is 8.42 Å². The van der Waals surface area contributed by atoms with Gasteiger partial charge in [-0.3, -0.25) is 9.59 Å². The van der Waals surface area contributed by atoms with E-state index in [1.54, 1.807) is 0 Å². The Morgan fingerprint density at radius 1 is 1.33 bits per heavy atom. The monoisotopic (exact) mass is 354 g/mol. The maximum atomic E-state index is 12.8. The van der Waals surface area contributed by atoms with Gasteiger partial charge < -0.3 is 10.0 Å². The van der Waals surface area contributed by atoms with Crippen molar-refractivity contribution in [1.29, 1.82) is 0 Å². The van der Waals surface area contributed by atoms with Crippen LogP contribution in [0.1, 0.15) is 36.5 Å². The molecule has 0 aromatic heterocycles. The normalized spacial score (nSPS) is 19.0. The number of sulfonamides is 1. The van der Waals surface area contributed by atoms with Gasteiger partial charge in [0.2, 0.25) is 10.0 Å². The van der Waals surface area contributed by atoms with Crippen molar-refractivity contribution in [1.82, 2.24) is 9.21 Å². The van der Waals surface area contributed by atoms with Gasteiger partial charge in [0.15, 0.2) is 0 Å². The second-order valence-electron chi connectivity index (χ2n) is 6.04. The molecule has 1 aliphatic rings. The van der Waals surface area contributed by atoms with E-state index < -0.39 is 28.4 Å². The minimum absolute atomic E-state index is 0.0609. The molecule has 0 spiro atoms. The number of carboxylic acids is 1. The summed E-state index contributed by atoms with van der Waals surface area (Å²) < 4.78 is 27.1. The summed E-state index contributed by atoms with van der Waals surface area (Å²) in [6, 6.07) is 5.70. The molecule has 1 aromatic carbocycles. The van der Waals surface area contributed by atoms with Gasteiger partial charge >= 0.3 is 5.97 Å². The third-order valence-corrected chi connectivity index (χ3v) is 6.16. The Morgan fingerprint density at radius 3 is 2.67 bits per heavy atom. The van der Waals surface area contributed by atoms with Crippen molar-refractivity contribution in [3.63, 3.8) is 0 Å². The molecule has 1 aromatic rings. The van der Waals surface area contributed by atoms with E-state index in [4.69, 9.17) is 5.11 Å². The first-order valence-corrected chi connectivity index (χ1v) is 9.26. The Bertz CT molecular complexity index is 732. The molecule has 1 fully saturated rings. The van der Waals surface area contributed by atoms with Crippen molar-refractivity contribution in [3.05, 3.63) is 29.8 Å². The molecule has 1 unspecified atom stereocenters. The minimum atomic E-state index is -3.67. The molecule has 2 rings (SSSR count). The Balaban J connectivity index is 2.29. The predicted molar refractivity (Wildman–Crippen MR) is 88.2 cm³/mol. The number of piperidine rings is 1. The number of carboxylic acid groups (broad SMARTS) is 1.